The zero-order valence-corrected chi connectivity index (χ0v) is 18.1. The molecule has 2 amide bonds. The molecule has 2 aromatic carbocycles. The molecule has 7 nitrogen and oxygen atoms in total. The standard InChI is InChI=1S/C25H27N5O2/c1-3-23(31)28-22-6-4-5-16-7-8-17(15-19(16)22)21-10-9-20(26)24(29-21)25(32)27-18-11-13-30(2)14-12-18/h3-10,15,18H,1,11-14,26H2,2H3,(H,27,32)(H,28,31). The van der Waals surface area contributed by atoms with Gasteiger partial charge in [-0.15, -0.1) is 0 Å². The number of aromatic nitrogens is 1. The van der Waals surface area contributed by atoms with Crippen LogP contribution in [-0.4, -0.2) is 47.9 Å². The quantitative estimate of drug-likeness (QED) is 0.540. The zero-order chi connectivity index (χ0) is 22.7. The van der Waals surface area contributed by atoms with Crippen molar-refractivity contribution in [3.05, 3.63) is 66.9 Å². The van der Waals surface area contributed by atoms with Crippen LogP contribution in [0.2, 0.25) is 0 Å². The average Bonchev–Trinajstić information content (AvgIpc) is 2.80. The van der Waals surface area contributed by atoms with E-state index in [2.05, 4.69) is 34.1 Å². The van der Waals surface area contributed by atoms with Crippen LogP contribution in [0.25, 0.3) is 22.0 Å². The molecule has 0 aliphatic carbocycles. The van der Waals surface area contributed by atoms with Crippen molar-refractivity contribution in [3.63, 3.8) is 0 Å². The smallest absolute Gasteiger partial charge is 0.272 e. The molecular formula is C25H27N5O2. The number of anilines is 2. The molecule has 1 aromatic heterocycles. The van der Waals surface area contributed by atoms with E-state index in [1.54, 1.807) is 12.1 Å². The predicted molar refractivity (Wildman–Crippen MR) is 128 cm³/mol. The normalized spacial score (nSPS) is 14.8. The van der Waals surface area contributed by atoms with Crippen molar-refractivity contribution in [2.75, 3.05) is 31.2 Å². The van der Waals surface area contributed by atoms with E-state index < -0.39 is 0 Å². The van der Waals surface area contributed by atoms with E-state index in [9.17, 15) is 9.59 Å². The Morgan fingerprint density at radius 3 is 2.69 bits per heavy atom. The highest BCUT2D eigenvalue weighted by atomic mass is 16.2. The number of fused-ring (bicyclic) bond motifs is 1. The number of likely N-dealkylation sites (tertiary alicyclic amines) is 1. The summed E-state index contributed by atoms with van der Waals surface area (Å²) >= 11 is 0. The zero-order valence-electron chi connectivity index (χ0n) is 18.1. The van der Waals surface area contributed by atoms with Crippen molar-refractivity contribution in [3.8, 4) is 11.3 Å². The van der Waals surface area contributed by atoms with E-state index in [0.29, 0.717) is 17.1 Å². The van der Waals surface area contributed by atoms with Gasteiger partial charge in [-0.2, -0.15) is 0 Å². The first-order chi connectivity index (χ1) is 15.4. The van der Waals surface area contributed by atoms with E-state index in [1.807, 2.05) is 36.4 Å². The molecule has 0 saturated carbocycles. The van der Waals surface area contributed by atoms with Crippen LogP contribution < -0.4 is 16.4 Å². The van der Waals surface area contributed by atoms with Crippen LogP contribution >= 0.6 is 0 Å². The molecule has 4 rings (SSSR count). The summed E-state index contributed by atoms with van der Waals surface area (Å²) < 4.78 is 0. The minimum atomic E-state index is -0.277. The Balaban J connectivity index is 1.63. The summed E-state index contributed by atoms with van der Waals surface area (Å²) in [6.45, 7) is 5.42. The van der Waals surface area contributed by atoms with Gasteiger partial charge in [0.25, 0.3) is 5.91 Å². The first-order valence-corrected chi connectivity index (χ1v) is 10.7. The van der Waals surface area contributed by atoms with Crippen LogP contribution in [0.5, 0.6) is 0 Å². The summed E-state index contributed by atoms with van der Waals surface area (Å²) in [6, 6.07) is 15.2. The van der Waals surface area contributed by atoms with Gasteiger partial charge in [0.1, 0.15) is 0 Å². The molecule has 0 radical (unpaired) electrons. The number of carbonyl (C=O) groups excluding carboxylic acids is 2. The van der Waals surface area contributed by atoms with Crippen molar-refractivity contribution in [1.82, 2.24) is 15.2 Å². The second kappa shape index (κ2) is 9.20. The van der Waals surface area contributed by atoms with Crippen LogP contribution in [0.3, 0.4) is 0 Å². The van der Waals surface area contributed by atoms with Gasteiger partial charge in [0.05, 0.1) is 11.4 Å². The predicted octanol–water partition coefficient (Wildman–Crippen LogP) is 3.43. The first-order valence-electron chi connectivity index (χ1n) is 10.7. The number of benzene rings is 2. The highest BCUT2D eigenvalue weighted by Gasteiger charge is 2.21. The van der Waals surface area contributed by atoms with E-state index >= 15 is 0 Å². The maximum atomic E-state index is 12.9. The van der Waals surface area contributed by atoms with Gasteiger partial charge in [0, 0.05) is 22.7 Å². The number of amides is 2. The van der Waals surface area contributed by atoms with Crippen LogP contribution in [-0.2, 0) is 4.79 Å². The SMILES string of the molecule is C=CC(=O)Nc1cccc2ccc(-c3ccc(N)c(C(=O)NC4CCN(C)CC4)n3)cc12. The third-order valence-corrected chi connectivity index (χ3v) is 5.82. The fraction of sp³-hybridized carbons (Fsp3) is 0.240. The first kappa shape index (κ1) is 21.5. The molecule has 2 heterocycles. The molecule has 0 bridgehead atoms. The summed E-state index contributed by atoms with van der Waals surface area (Å²) in [5, 5.41) is 7.76. The molecule has 4 N–H and O–H groups in total. The molecule has 1 saturated heterocycles. The maximum Gasteiger partial charge on any atom is 0.272 e. The molecule has 0 spiro atoms. The van der Waals surface area contributed by atoms with Gasteiger partial charge in [-0.05, 0) is 68.7 Å². The monoisotopic (exact) mass is 429 g/mol. The minimum Gasteiger partial charge on any atom is -0.397 e. The van der Waals surface area contributed by atoms with Crippen LogP contribution in [0, 0.1) is 0 Å². The number of pyridine rings is 1. The van der Waals surface area contributed by atoms with Gasteiger partial charge in [0.2, 0.25) is 5.91 Å². The Kier molecular flexibility index (Phi) is 6.18. The lowest BCUT2D eigenvalue weighted by molar-refractivity contribution is -0.111. The van der Waals surface area contributed by atoms with Crippen LogP contribution in [0.15, 0.2) is 61.2 Å². The summed E-state index contributed by atoms with van der Waals surface area (Å²) in [5.41, 5.74) is 8.82. The highest BCUT2D eigenvalue weighted by molar-refractivity contribution is 6.06. The number of nitrogen functional groups attached to an aromatic ring is 1. The number of hydrogen-bond donors (Lipinski definition) is 3. The van der Waals surface area contributed by atoms with Crippen LogP contribution in [0.1, 0.15) is 23.3 Å². The number of nitrogens with two attached hydrogens (primary N) is 1. The van der Waals surface area contributed by atoms with Crippen molar-refractivity contribution < 1.29 is 9.59 Å². The Bertz CT molecular complexity index is 1180. The van der Waals surface area contributed by atoms with E-state index in [1.165, 1.54) is 6.08 Å². The lowest BCUT2D eigenvalue weighted by Crippen LogP contribution is -2.43. The molecule has 7 heteroatoms. The number of rotatable bonds is 5. The van der Waals surface area contributed by atoms with Gasteiger partial charge in [-0.25, -0.2) is 4.98 Å². The number of piperidine rings is 1. The fourth-order valence-electron chi connectivity index (χ4n) is 3.94. The summed E-state index contributed by atoms with van der Waals surface area (Å²) in [5.74, 6) is -0.528. The Hall–Kier alpha value is -3.71. The molecule has 1 fully saturated rings. The van der Waals surface area contributed by atoms with Crippen molar-refractivity contribution >= 4 is 34.0 Å². The van der Waals surface area contributed by atoms with Crippen molar-refractivity contribution in [2.24, 2.45) is 0 Å². The lowest BCUT2D eigenvalue weighted by atomic mass is 10.0. The van der Waals surface area contributed by atoms with E-state index in [4.69, 9.17) is 5.73 Å². The summed E-state index contributed by atoms with van der Waals surface area (Å²) in [7, 11) is 2.08. The Labute approximate surface area is 187 Å². The molecular weight excluding hydrogens is 402 g/mol. The van der Waals surface area contributed by atoms with Gasteiger partial charge in [-0.1, -0.05) is 30.8 Å². The largest absolute Gasteiger partial charge is 0.397 e. The lowest BCUT2D eigenvalue weighted by Gasteiger charge is -2.29. The fourth-order valence-corrected chi connectivity index (χ4v) is 3.94. The van der Waals surface area contributed by atoms with E-state index in [-0.39, 0.29) is 23.6 Å². The molecule has 1 aliphatic heterocycles. The third-order valence-electron chi connectivity index (χ3n) is 5.82. The molecule has 3 aromatic rings. The molecule has 1 aliphatic rings. The second-order valence-electron chi connectivity index (χ2n) is 8.12. The number of nitrogens with one attached hydrogen (secondary N) is 2. The maximum absolute atomic E-state index is 12.9. The molecule has 164 valence electrons. The second-order valence-corrected chi connectivity index (χ2v) is 8.12. The Morgan fingerprint density at radius 1 is 1.16 bits per heavy atom. The highest BCUT2D eigenvalue weighted by Crippen LogP contribution is 2.29. The van der Waals surface area contributed by atoms with Crippen molar-refractivity contribution in [1.29, 1.82) is 0 Å². The average molecular weight is 430 g/mol. The molecule has 32 heavy (non-hydrogen) atoms. The van der Waals surface area contributed by atoms with Crippen LogP contribution in [0.4, 0.5) is 11.4 Å². The number of carbonyl (C=O) groups is 2. The third kappa shape index (κ3) is 4.63. The molecule has 0 unspecified atom stereocenters. The van der Waals surface area contributed by atoms with Gasteiger partial charge >= 0.3 is 0 Å². The van der Waals surface area contributed by atoms with Gasteiger partial charge in [-0.3, -0.25) is 9.59 Å². The minimum absolute atomic E-state index is 0.125. The number of hydrogen-bond acceptors (Lipinski definition) is 5. The van der Waals surface area contributed by atoms with Gasteiger partial charge < -0.3 is 21.3 Å². The topological polar surface area (TPSA) is 100 Å². The summed E-state index contributed by atoms with van der Waals surface area (Å²) in [4.78, 5) is 31.5. The van der Waals surface area contributed by atoms with E-state index in [0.717, 1.165) is 42.3 Å². The Morgan fingerprint density at radius 2 is 1.94 bits per heavy atom. The summed E-state index contributed by atoms with van der Waals surface area (Å²) in [6.07, 6.45) is 3.05. The van der Waals surface area contributed by atoms with Gasteiger partial charge in [0.15, 0.2) is 5.69 Å². The van der Waals surface area contributed by atoms with Crippen molar-refractivity contribution in [2.45, 2.75) is 18.9 Å². The number of nitrogens with zero attached hydrogens (tertiary/aromatic N) is 2. The molecule has 0 atom stereocenters.